The van der Waals surface area contributed by atoms with Crippen LogP contribution < -0.4 is 5.56 Å². The van der Waals surface area contributed by atoms with Crippen LogP contribution >= 0.6 is 0 Å². The lowest BCUT2D eigenvalue weighted by Gasteiger charge is -2.07. The summed E-state index contributed by atoms with van der Waals surface area (Å²) < 4.78 is 29.3. The number of aromatic amines is 1. The number of nitrogens with zero attached hydrogens (tertiary/aromatic N) is 3. The second-order valence-corrected chi connectivity index (χ2v) is 5.09. The van der Waals surface area contributed by atoms with E-state index < -0.39 is 28.8 Å². The molecule has 0 atom stereocenters. The van der Waals surface area contributed by atoms with Crippen molar-refractivity contribution in [2.45, 2.75) is 5.92 Å². The van der Waals surface area contributed by atoms with Crippen molar-refractivity contribution in [1.82, 2.24) is 14.8 Å². The summed E-state index contributed by atoms with van der Waals surface area (Å²) >= 11 is 0. The Bertz CT molecular complexity index is 1080. The summed E-state index contributed by atoms with van der Waals surface area (Å²) in [6.07, 6.45) is 2.86. The van der Waals surface area contributed by atoms with Crippen molar-refractivity contribution in [3.8, 4) is 11.8 Å². The Balaban J connectivity index is 2.55. The van der Waals surface area contributed by atoms with Crippen LogP contribution in [0.5, 0.6) is 0 Å². The molecule has 7 nitrogen and oxygen atoms in total. The van der Waals surface area contributed by atoms with E-state index in [2.05, 4.69) is 10.1 Å². The van der Waals surface area contributed by atoms with Crippen LogP contribution in [0.3, 0.4) is 0 Å². The number of rotatable bonds is 4. The highest BCUT2D eigenvalue weighted by atomic mass is 19.1. The number of para-hydroxylation sites is 1. The van der Waals surface area contributed by atoms with E-state index in [0.717, 1.165) is 35.4 Å². The third kappa shape index (κ3) is 2.40. The van der Waals surface area contributed by atoms with Gasteiger partial charge in [0.15, 0.2) is 11.6 Å². The smallest absolute Gasteiger partial charge is 0.259 e. The maximum atomic E-state index is 14.2. The molecule has 0 saturated carbocycles. The summed E-state index contributed by atoms with van der Waals surface area (Å²) in [5.41, 5.74) is -1.36. The summed E-state index contributed by atoms with van der Waals surface area (Å²) in [7, 11) is 0. The van der Waals surface area contributed by atoms with Crippen LogP contribution in [0.4, 0.5) is 8.78 Å². The van der Waals surface area contributed by atoms with Crippen LogP contribution in [-0.4, -0.2) is 27.2 Å². The van der Waals surface area contributed by atoms with E-state index >= 15 is 0 Å². The minimum absolute atomic E-state index is 0.0407. The molecule has 0 bridgehead atoms. The van der Waals surface area contributed by atoms with E-state index in [9.17, 15) is 18.8 Å². The number of pyridine rings is 1. The zero-order chi connectivity index (χ0) is 18.1. The van der Waals surface area contributed by atoms with Crippen LogP contribution in [0.1, 0.15) is 17.2 Å². The van der Waals surface area contributed by atoms with Gasteiger partial charge in [0, 0.05) is 18.6 Å². The molecule has 25 heavy (non-hydrogen) atoms. The van der Waals surface area contributed by atoms with Crippen molar-refractivity contribution in [3.63, 3.8) is 0 Å². The summed E-state index contributed by atoms with van der Waals surface area (Å²) in [4.78, 5) is 14.6. The number of nitriles is 1. The number of aromatic nitrogens is 3. The zero-order valence-corrected chi connectivity index (χ0v) is 12.5. The van der Waals surface area contributed by atoms with Crippen LogP contribution in [0.25, 0.3) is 16.6 Å². The first-order valence-electron chi connectivity index (χ1n) is 7.03. The first-order valence-corrected chi connectivity index (χ1v) is 7.03. The number of hydrogen-bond acceptors (Lipinski definition) is 5. The third-order valence-electron chi connectivity index (χ3n) is 3.69. The molecule has 9 heteroatoms. The third-order valence-corrected chi connectivity index (χ3v) is 3.69. The number of fused-ring (bicyclic) bond motifs is 1. The highest BCUT2D eigenvalue weighted by molar-refractivity contribution is 5.96. The Morgan fingerprint density at radius 2 is 1.92 bits per heavy atom. The molecule has 0 aliphatic heterocycles. The first-order chi connectivity index (χ1) is 12.0. The molecule has 0 unspecified atom stereocenters. The van der Waals surface area contributed by atoms with Crippen molar-refractivity contribution in [3.05, 3.63) is 57.6 Å². The summed E-state index contributed by atoms with van der Waals surface area (Å²) in [6.45, 7) is 0. The number of H-pyrrole nitrogens is 1. The van der Waals surface area contributed by atoms with Gasteiger partial charge in [-0.2, -0.15) is 10.4 Å². The van der Waals surface area contributed by atoms with E-state index in [-0.39, 0.29) is 22.2 Å². The van der Waals surface area contributed by atoms with Gasteiger partial charge in [-0.1, -0.05) is 6.07 Å². The summed E-state index contributed by atoms with van der Waals surface area (Å²) in [5.74, 6) is -2.84. The Labute approximate surface area is 139 Å². The molecule has 3 rings (SSSR count). The molecule has 3 N–H and O–H groups in total. The van der Waals surface area contributed by atoms with E-state index in [1.54, 1.807) is 0 Å². The molecule has 0 aliphatic rings. The number of nitrogens with one attached hydrogen (secondary N) is 3. The second-order valence-electron chi connectivity index (χ2n) is 5.09. The van der Waals surface area contributed by atoms with Crippen molar-refractivity contribution >= 4 is 23.3 Å². The molecule has 0 spiro atoms. The average molecular weight is 340 g/mol. The molecule has 3 aromatic rings. The monoisotopic (exact) mass is 340 g/mol. The molecule has 2 aromatic heterocycles. The lowest BCUT2D eigenvalue weighted by molar-refractivity contribution is 0.562. The molecular formula is C16H10F2N6O. The Morgan fingerprint density at radius 3 is 2.48 bits per heavy atom. The maximum absolute atomic E-state index is 14.2. The van der Waals surface area contributed by atoms with E-state index in [1.807, 2.05) is 6.07 Å². The lowest BCUT2D eigenvalue weighted by atomic mass is 10.0. The van der Waals surface area contributed by atoms with Crippen LogP contribution in [0, 0.1) is 33.8 Å². The summed E-state index contributed by atoms with van der Waals surface area (Å²) in [6, 6.07) is 5.07. The Kier molecular flexibility index (Phi) is 3.94. The van der Waals surface area contributed by atoms with Crippen molar-refractivity contribution in [1.29, 1.82) is 16.1 Å². The largest absolute Gasteiger partial charge is 0.327 e. The average Bonchev–Trinajstić information content (AvgIpc) is 2.98. The van der Waals surface area contributed by atoms with Gasteiger partial charge < -0.3 is 15.8 Å². The van der Waals surface area contributed by atoms with Gasteiger partial charge in [-0.05, 0) is 12.1 Å². The molecule has 124 valence electrons. The Hall–Kier alpha value is -3.67. The lowest BCUT2D eigenvalue weighted by Crippen LogP contribution is -2.10. The molecule has 1 aromatic carbocycles. The van der Waals surface area contributed by atoms with Crippen molar-refractivity contribution < 1.29 is 8.78 Å². The molecule has 0 aliphatic carbocycles. The topological polar surface area (TPSA) is 122 Å². The van der Waals surface area contributed by atoms with Gasteiger partial charge in [0.05, 0.1) is 28.1 Å². The van der Waals surface area contributed by atoms with Crippen LogP contribution in [-0.2, 0) is 0 Å². The fourth-order valence-electron chi connectivity index (χ4n) is 2.56. The quantitative estimate of drug-likeness (QED) is 0.631. The van der Waals surface area contributed by atoms with E-state index in [0.29, 0.717) is 0 Å². The van der Waals surface area contributed by atoms with Gasteiger partial charge in [-0.15, -0.1) is 0 Å². The first kappa shape index (κ1) is 16.2. The minimum atomic E-state index is -0.978. The molecule has 0 saturated heterocycles. The number of benzene rings is 1. The SMILES string of the molecule is N#Cc1c[nH]c(=O)c2c(C(C=N)C=N)nn(-c3c(F)cccc3F)c12. The van der Waals surface area contributed by atoms with Crippen molar-refractivity contribution in [2.24, 2.45) is 0 Å². The standard InChI is InChI=1S/C16H10F2N6O/c17-10-2-1-3-11(18)15(10)24-14-9(6-21)7-22-16(25)12(14)13(23-24)8(4-19)5-20/h1-5,7-8,19-20H,(H,22,25). The highest BCUT2D eigenvalue weighted by Crippen LogP contribution is 2.28. The molecule has 2 heterocycles. The predicted molar refractivity (Wildman–Crippen MR) is 86.6 cm³/mol. The molecule has 0 fully saturated rings. The fourth-order valence-corrected chi connectivity index (χ4v) is 2.56. The van der Waals surface area contributed by atoms with Gasteiger partial charge in [-0.3, -0.25) is 4.79 Å². The number of hydrogen-bond donors (Lipinski definition) is 3. The van der Waals surface area contributed by atoms with E-state index in [4.69, 9.17) is 10.8 Å². The second kappa shape index (κ2) is 6.09. The van der Waals surface area contributed by atoms with Gasteiger partial charge in [-0.25, -0.2) is 13.5 Å². The van der Waals surface area contributed by atoms with Gasteiger partial charge in [0.25, 0.3) is 5.56 Å². The number of halogens is 2. The Morgan fingerprint density at radius 1 is 1.28 bits per heavy atom. The zero-order valence-electron chi connectivity index (χ0n) is 12.5. The maximum Gasteiger partial charge on any atom is 0.259 e. The van der Waals surface area contributed by atoms with Crippen LogP contribution in [0.2, 0.25) is 0 Å². The van der Waals surface area contributed by atoms with Gasteiger partial charge >= 0.3 is 0 Å². The normalized spacial score (nSPS) is 11.9. The van der Waals surface area contributed by atoms with Crippen LogP contribution in [0.15, 0.2) is 29.2 Å². The molecule has 0 amide bonds. The summed E-state index contributed by atoms with van der Waals surface area (Å²) in [5, 5.41) is 28.0. The van der Waals surface area contributed by atoms with Gasteiger partial charge in [0.2, 0.25) is 0 Å². The van der Waals surface area contributed by atoms with E-state index in [1.165, 1.54) is 6.07 Å². The van der Waals surface area contributed by atoms with Crippen molar-refractivity contribution in [2.75, 3.05) is 0 Å². The molecular weight excluding hydrogens is 330 g/mol. The highest BCUT2D eigenvalue weighted by Gasteiger charge is 2.25. The van der Waals surface area contributed by atoms with Gasteiger partial charge in [0.1, 0.15) is 11.8 Å². The predicted octanol–water partition coefficient (Wildman–Crippen LogP) is 2.25. The molecule has 0 radical (unpaired) electrons. The fraction of sp³-hybridized carbons (Fsp3) is 0.0625. The minimum Gasteiger partial charge on any atom is -0.327 e.